The Balaban J connectivity index is 2.86. The third kappa shape index (κ3) is 3.05. The zero-order valence-corrected chi connectivity index (χ0v) is 8.41. The average molecular weight is 210 g/mol. The van der Waals surface area contributed by atoms with Gasteiger partial charge in [0.2, 0.25) is 0 Å². The minimum atomic E-state index is -1.11. The minimum absolute atomic E-state index is 0.0846. The predicted molar refractivity (Wildman–Crippen MR) is 55.5 cm³/mol. The van der Waals surface area contributed by atoms with Gasteiger partial charge in [-0.15, -0.1) is 0 Å². The number of aryl methyl sites for hydroxylation is 1. The number of nitrogens with one attached hydrogen (secondary N) is 1. The van der Waals surface area contributed by atoms with Crippen LogP contribution in [0.5, 0.6) is 0 Å². The second kappa shape index (κ2) is 4.54. The topological polar surface area (TPSA) is 61.7 Å². The number of nitrogens with zero attached hydrogens (tertiary/aromatic N) is 1. The Morgan fingerprint density at radius 1 is 1.53 bits per heavy atom. The summed E-state index contributed by atoms with van der Waals surface area (Å²) >= 11 is 0. The van der Waals surface area contributed by atoms with E-state index < -0.39 is 11.8 Å². The highest BCUT2D eigenvalue weighted by atomic mass is 19.1. The maximum absolute atomic E-state index is 12.8. The smallest absolute Gasteiger partial charge is 0.351 e. The van der Waals surface area contributed by atoms with E-state index in [1.807, 2.05) is 0 Å². The van der Waals surface area contributed by atoms with Gasteiger partial charge in [-0.3, -0.25) is 5.43 Å². The lowest BCUT2D eigenvalue weighted by Gasteiger charge is -2.04. The summed E-state index contributed by atoms with van der Waals surface area (Å²) in [6.07, 6.45) is 0. The van der Waals surface area contributed by atoms with Crippen LogP contribution in [0.3, 0.4) is 0 Å². The zero-order valence-electron chi connectivity index (χ0n) is 8.41. The van der Waals surface area contributed by atoms with Gasteiger partial charge in [-0.25, -0.2) is 9.18 Å². The Bertz CT molecular complexity index is 416. The first-order valence-electron chi connectivity index (χ1n) is 4.30. The number of hydrogen-bond acceptors (Lipinski definition) is 3. The molecule has 0 saturated carbocycles. The van der Waals surface area contributed by atoms with Gasteiger partial charge in [0.05, 0.1) is 5.69 Å². The molecule has 0 aliphatic rings. The average Bonchev–Trinajstić information content (AvgIpc) is 2.18. The Labute approximate surface area is 86.4 Å². The molecule has 0 unspecified atom stereocenters. The highest BCUT2D eigenvalue weighted by molar-refractivity contribution is 6.34. The third-order valence-electron chi connectivity index (χ3n) is 1.85. The van der Waals surface area contributed by atoms with Crippen molar-refractivity contribution in [2.24, 2.45) is 5.10 Å². The van der Waals surface area contributed by atoms with Gasteiger partial charge in [0, 0.05) is 0 Å². The predicted octanol–water partition coefficient (Wildman–Crippen LogP) is 2.01. The SMILES string of the molecule is C/C(=N/Nc1cc(F)ccc1C)C(=O)O. The molecule has 15 heavy (non-hydrogen) atoms. The van der Waals surface area contributed by atoms with Crippen LogP contribution in [0, 0.1) is 12.7 Å². The van der Waals surface area contributed by atoms with Crippen LogP contribution in [-0.4, -0.2) is 16.8 Å². The van der Waals surface area contributed by atoms with E-state index in [0.29, 0.717) is 5.69 Å². The molecule has 1 aromatic rings. The van der Waals surface area contributed by atoms with Crippen LogP contribution in [0.2, 0.25) is 0 Å². The summed E-state index contributed by atoms with van der Waals surface area (Å²) in [7, 11) is 0. The molecule has 0 aliphatic carbocycles. The number of carboxylic acids is 1. The molecule has 0 spiro atoms. The van der Waals surface area contributed by atoms with Gasteiger partial charge in [-0.1, -0.05) is 6.07 Å². The van der Waals surface area contributed by atoms with Crippen molar-refractivity contribution in [3.63, 3.8) is 0 Å². The van der Waals surface area contributed by atoms with Gasteiger partial charge in [0.15, 0.2) is 0 Å². The normalized spacial score (nSPS) is 11.3. The summed E-state index contributed by atoms with van der Waals surface area (Å²) in [5.74, 6) is -1.51. The molecule has 0 bridgehead atoms. The van der Waals surface area contributed by atoms with E-state index in [2.05, 4.69) is 10.5 Å². The maximum Gasteiger partial charge on any atom is 0.351 e. The number of carboxylic acid groups (broad SMARTS) is 1. The summed E-state index contributed by atoms with van der Waals surface area (Å²) in [6, 6.07) is 4.17. The fourth-order valence-electron chi connectivity index (χ4n) is 0.907. The minimum Gasteiger partial charge on any atom is -0.477 e. The van der Waals surface area contributed by atoms with Gasteiger partial charge >= 0.3 is 5.97 Å². The summed E-state index contributed by atoms with van der Waals surface area (Å²) in [6.45, 7) is 3.12. The third-order valence-corrected chi connectivity index (χ3v) is 1.85. The molecule has 4 nitrogen and oxygen atoms in total. The van der Waals surface area contributed by atoms with Crippen LogP contribution < -0.4 is 5.43 Å². The second-order valence-corrected chi connectivity index (χ2v) is 3.07. The van der Waals surface area contributed by atoms with E-state index in [1.165, 1.54) is 19.1 Å². The Morgan fingerprint density at radius 2 is 2.20 bits per heavy atom. The fourth-order valence-corrected chi connectivity index (χ4v) is 0.907. The van der Waals surface area contributed by atoms with E-state index in [1.54, 1.807) is 13.0 Å². The molecule has 80 valence electrons. The lowest BCUT2D eigenvalue weighted by molar-refractivity contribution is -0.129. The zero-order chi connectivity index (χ0) is 11.4. The van der Waals surface area contributed by atoms with Gasteiger partial charge in [-0.2, -0.15) is 5.10 Å². The van der Waals surface area contributed by atoms with Crippen LogP contribution in [0.4, 0.5) is 10.1 Å². The molecule has 1 rings (SSSR count). The van der Waals surface area contributed by atoms with Crippen molar-refractivity contribution in [2.45, 2.75) is 13.8 Å². The molecule has 0 fully saturated rings. The number of carbonyl (C=O) groups is 1. The number of hydrazone groups is 1. The van der Waals surface area contributed by atoms with Crippen molar-refractivity contribution >= 4 is 17.4 Å². The highest BCUT2D eigenvalue weighted by Crippen LogP contribution is 2.15. The largest absolute Gasteiger partial charge is 0.477 e. The van der Waals surface area contributed by atoms with Crippen LogP contribution in [0.15, 0.2) is 23.3 Å². The molecular formula is C10H11FN2O2. The van der Waals surface area contributed by atoms with Crippen molar-refractivity contribution in [3.05, 3.63) is 29.6 Å². The van der Waals surface area contributed by atoms with Crippen molar-refractivity contribution in [2.75, 3.05) is 5.43 Å². The first-order valence-corrected chi connectivity index (χ1v) is 4.30. The molecule has 0 heterocycles. The van der Waals surface area contributed by atoms with Crippen molar-refractivity contribution in [1.29, 1.82) is 0 Å². The summed E-state index contributed by atoms with van der Waals surface area (Å²) in [5.41, 5.74) is 3.66. The van der Waals surface area contributed by atoms with Gasteiger partial charge in [-0.05, 0) is 31.5 Å². The molecule has 0 aliphatic heterocycles. The molecule has 0 atom stereocenters. The van der Waals surface area contributed by atoms with E-state index in [9.17, 15) is 9.18 Å². The first-order chi connectivity index (χ1) is 7.00. The monoisotopic (exact) mass is 210 g/mol. The Morgan fingerprint density at radius 3 is 2.80 bits per heavy atom. The quantitative estimate of drug-likeness (QED) is 0.592. The van der Waals surface area contributed by atoms with Crippen LogP contribution in [0.1, 0.15) is 12.5 Å². The van der Waals surface area contributed by atoms with Crippen molar-refractivity contribution in [3.8, 4) is 0 Å². The van der Waals surface area contributed by atoms with E-state index in [-0.39, 0.29) is 5.71 Å². The van der Waals surface area contributed by atoms with Crippen LogP contribution in [-0.2, 0) is 4.79 Å². The first kappa shape index (κ1) is 11.2. The van der Waals surface area contributed by atoms with Crippen LogP contribution in [0.25, 0.3) is 0 Å². The molecule has 0 amide bonds. The molecule has 1 aromatic carbocycles. The number of rotatable bonds is 3. The second-order valence-electron chi connectivity index (χ2n) is 3.07. The summed E-state index contributed by atoms with van der Waals surface area (Å²) in [4.78, 5) is 10.4. The number of aliphatic carboxylic acids is 1. The Hall–Kier alpha value is -1.91. The molecule has 5 heteroatoms. The van der Waals surface area contributed by atoms with Crippen molar-refractivity contribution < 1.29 is 14.3 Å². The number of halogens is 1. The number of anilines is 1. The summed E-state index contributed by atoms with van der Waals surface area (Å²) < 4.78 is 12.8. The number of hydrogen-bond donors (Lipinski definition) is 2. The van der Waals surface area contributed by atoms with Gasteiger partial charge in [0.25, 0.3) is 0 Å². The van der Waals surface area contributed by atoms with Gasteiger partial charge in [0.1, 0.15) is 11.5 Å². The van der Waals surface area contributed by atoms with Gasteiger partial charge < -0.3 is 5.11 Å². The van der Waals surface area contributed by atoms with E-state index in [4.69, 9.17) is 5.11 Å². The Kier molecular flexibility index (Phi) is 3.38. The van der Waals surface area contributed by atoms with Crippen LogP contribution >= 0.6 is 0 Å². The molecule has 2 N–H and O–H groups in total. The summed E-state index contributed by atoms with van der Waals surface area (Å²) in [5, 5.41) is 12.1. The lowest BCUT2D eigenvalue weighted by Crippen LogP contribution is -2.10. The van der Waals surface area contributed by atoms with Crippen molar-refractivity contribution in [1.82, 2.24) is 0 Å². The fraction of sp³-hybridized carbons (Fsp3) is 0.200. The molecular weight excluding hydrogens is 199 g/mol. The van der Waals surface area contributed by atoms with E-state index >= 15 is 0 Å². The molecule has 0 aromatic heterocycles. The molecule has 0 saturated heterocycles. The molecule has 0 radical (unpaired) electrons. The highest BCUT2D eigenvalue weighted by Gasteiger charge is 2.02. The maximum atomic E-state index is 12.8. The number of benzene rings is 1. The standard InChI is InChI=1S/C10H11FN2O2/c1-6-3-4-8(11)5-9(6)13-12-7(2)10(14)15/h3-5,13H,1-2H3,(H,14,15)/b12-7-. The van der Waals surface area contributed by atoms with E-state index in [0.717, 1.165) is 5.56 Å². The lowest BCUT2D eigenvalue weighted by atomic mass is 10.2.